The second-order valence-electron chi connectivity index (χ2n) is 7.58. The number of ether oxygens (including phenoxy) is 6. The predicted molar refractivity (Wildman–Crippen MR) is 137 cm³/mol. The molecule has 0 radical (unpaired) electrons. The number of carbonyl (C=O) groups excluding carboxylic acids is 2. The topological polar surface area (TPSA) is 145 Å². The van der Waals surface area contributed by atoms with Crippen molar-refractivity contribution in [1.82, 2.24) is 15.5 Å². The van der Waals surface area contributed by atoms with Crippen molar-refractivity contribution in [3.8, 4) is 0 Å². The van der Waals surface area contributed by atoms with Gasteiger partial charge in [0, 0.05) is 67.8 Å². The van der Waals surface area contributed by atoms with Crippen LogP contribution in [0.3, 0.4) is 0 Å². The zero-order chi connectivity index (χ0) is 27.6. The fraction of sp³-hybridized carbons (Fsp3) is 0.909. The average molecular weight is 558 g/mol. The summed E-state index contributed by atoms with van der Waals surface area (Å²) < 4.78 is 47.2. The standard InChI is InChI=1S/C22H47N3O11Si/c1-28-16-18-33-12-7-23-21(26)35-14-10-25(9-6-20-37(30-3,31-4)32-5)11-15-36-22(27)24-8-13-34-19-17-29-2/h6-20H2,1-5H3,(H,23,26)(H,24,27). The first-order chi connectivity index (χ1) is 18.0. The average Bonchev–Trinajstić information content (AvgIpc) is 2.90. The molecule has 0 aliphatic heterocycles. The summed E-state index contributed by atoms with van der Waals surface area (Å²) in [4.78, 5) is 25.8. The summed E-state index contributed by atoms with van der Waals surface area (Å²) in [6.07, 6.45) is -0.330. The van der Waals surface area contributed by atoms with Crippen LogP contribution in [0.2, 0.25) is 6.04 Å². The van der Waals surface area contributed by atoms with Gasteiger partial charge < -0.3 is 52.3 Å². The van der Waals surface area contributed by atoms with Crippen molar-refractivity contribution in [3.05, 3.63) is 0 Å². The lowest BCUT2D eigenvalue weighted by Crippen LogP contribution is -2.43. The van der Waals surface area contributed by atoms with Gasteiger partial charge in [-0.3, -0.25) is 4.90 Å². The Morgan fingerprint density at radius 1 is 0.622 bits per heavy atom. The summed E-state index contributed by atoms with van der Waals surface area (Å²) in [6.45, 7) is 5.22. The van der Waals surface area contributed by atoms with Gasteiger partial charge in [-0.1, -0.05) is 0 Å². The molecule has 0 saturated heterocycles. The van der Waals surface area contributed by atoms with Crippen molar-refractivity contribution < 1.29 is 51.3 Å². The van der Waals surface area contributed by atoms with Gasteiger partial charge in [-0.25, -0.2) is 9.59 Å². The van der Waals surface area contributed by atoms with E-state index in [2.05, 4.69) is 10.6 Å². The van der Waals surface area contributed by atoms with Crippen LogP contribution in [0.5, 0.6) is 0 Å². The van der Waals surface area contributed by atoms with E-state index < -0.39 is 21.0 Å². The molecule has 220 valence electrons. The first-order valence-corrected chi connectivity index (χ1v) is 14.2. The number of carbonyl (C=O) groups is 2. The number of nitrogens with zero attached hydrogens (tertiary/aromatic N) is 1. The summed E-state index contributed by atoms with van der Waals surface area (Å²) in [5.41, 5.74) is 0. The summed E-state index contributed by atoms with van der Waals surface area (Å²) in [7, 11) is 5.21. The van der Waals surface area contributed by atoms with Gasteiger partial charge in [-0.05, 0) is 13.0 Å². The Hall–Kier alpha value is -1.56. The van der Waals surface area contributed by atoms with Gasteiger partial charge in [-0.2, -0.15) is 0 Å². The van der Waals surface area contributed by atoms with Gasteiger partial charge >= 0.3 is 21.0 Å². The van der Waals surface area contributed by atoms with Gasteiger partial charge in [0.25, 0.3) is 0 Å². The molecule has 2 N–H and O–H groups in total. The molecule has 0 bridgehead atoms. The number of nitrogens with one attached hydrogen (secondary N) is 2. The lowest BCUT2D eigenvalue weighted by atomic mass is 10.4. The summed E-state index contributed by atoms with van der Waals surface area (Å²) in [5, 5.41) is 5.26. The van der Waals surface area contributed by atoms with E-state index in [1.807, 2.05) is 4.90 Å². The van der Waals surface area contributed by atoms with Crippen molar-refractivity contribution >= 4 is 21.0 Å². The summed E-state index contributed by atoms with van der Waals surface area (Å²) in [5.74, 6) is 0. The van der Waals surface area contributed by atoms with Crippen LogP contribution in [-0.4, -0.2) is 147 Å². The van der Waals surface area contributed by atoms with Crippen molar-refractivity contribution in [2.24, 2.45) is 0 Å². The molecule has 0 unspecified atom stereocenters. The maximum absolute atomic E-state index is 11.9. The van der Waals surface area contributed by atoms with Crippen LogP contribution in [0.25, 0.3) is 0 Å². The smallest absolute Gasteiger partial charge is 0.448 e. The zero-order valence-electron chi connectivity index (χ0n) is 23.0. The minimum absolute atomic E-state index is 0.169. The molecule has 2 amide bonds. The third-order valence-corrected chi connectivity index (χ3v) is 7.90. The Kier molecular flexibility index (Phi) is 23.7. The van der Waals surface area contributed by atoms with Crippen LogP contribution in [0.4, 0.5) is 9.59 Å². The van der Waals surface area contributed by atoms with Gasteiger partial charge in [-0.15, -0.1) is 0 Å². The van der Waals surface area contributed by atoms with E-state index in [0.717, 1.165) is 6.42 Å². The summed E-state index contributed by atoms with van der Waals surface area (Å²) >= 11 is 0. The van der Waals surface area contributed by atoms with Gasteiger partial charge in [0.15, 0.2) is 0 Å². The highest BCUT2D eigenvalue weighted by atomic mass is 28.4. The molecule has 37 heavy (non-hydrogen) atoms. The highest BCUT2D eigenvalue weighted by Crippen LogP contribution is 2.15. The largest absolute Gasteiger partial charge is 0.500 e. The zero-order valence-corrected chi connectivity index (χ0v) is 24.0. The number of alkyl carbamates (subject to hydrolysis) is 2. The van der Waals surface area contributed by atoms with Crippen LogP contribution in [0.1, 0.15) is 6.42 Å². The number of hydrogen-bond acceptors (Lipinski definition) is 12. The second kappa shape index (κ2) is 24.8. The Morgan fingerprint density at radius 3 is 1.49 bits per heavy atom. The first kappa shape index (κ1) is 35.4. The van der Waals surface area contributed by atoms with Crippen molar-refractivity contribution in [2.45, 2.75) is 12.5 Å². The highest BCUT2D eigenvalue weighted by molar-refractivity contribution is 6.60. The van der Waals surface area contributed by atoms with E-state index >= 15 is 0 Å². The van der Waals surface area contributed by atoms with Crippen molar-refractivity contribution in [2.75, 3.05) is 121 Å². The van der Waals surface area contributed by atoms with E-state index in [4.69, 9.17) is 41.7 Å². The molecule has 0 aliphatic rings. The molecule has 0 aromatic heterocycles. The molecule has 0 spiro atoms. The minimum Gasteiger partial charge on any atom is -0.448 e. The highest BCUT2D eigenvalue weighted by Gasteiger charge is 2.37. The Labute approximate surface area is 221 Å². The van der Waals surface area contributed by atoms with Crippen LogP contribution in [-0.2, 0) is 41.7 Å². The monoisotopic (exact) mass is 557 g/mol. The molecule has 0 fully saturated rings. The Bertz CT molecular complexity index is 518. The van der Waals surface area contributed by atoms with E-state index in [9.17, 15) is 9.59 Å². The Morgan fingerprint density at radius 2 is 1.08 bits per heavy atom. The molecular formula is C22H47N3O11Si. The van der Waals surface area contributed by atoms with Crippen LogP contribution < -0.4 is 10.6 Å². The van der Waals surface area contributed by atoms with E-state index in [-0.39, 0.29) is 13.2 Å². The minimum atomic E-state index is -2.69. The number of methoxy groups -OCH3 is 2. The molecule has 0 aromatic carbocycles. The SMILES string of the molecule is COCCOCCNC(=O)OCCN(CCC[Si](OC)(OC)OC)CCOC(=O)NCCOCCOC. The molecular weight excluding hydrogens is 510 g/mol. The molecule has 0 aromatic rings. The quantitative estimate of drug-likeness (QED) is 0.118. The van der Waals surface area contributed by atoms with Crippen molar-refractivity contribution in [3.63, 3.8) is 0 Å². The fourth-order valence-corrected chi connectivity index (χ4v) is 4.69. The molecule has 14 nitrogen and oxygen atoms in total. The summed E-state index contributed by atoms with van der Waals surface area (Å²) in [6, 6.07) is 0.613. The molecule has 15 heteroatoms. The van der Waals surface area contributed by atoms with Crippen LogP contribution >= 0.6 is 0 Å². The number of hydrogen-bond donors (Lipinski definition) is 2. The molecule has 0 heterocycles. The van der Waals surface area contributed by atoms with Gasteiger partial charge in [0.1, 0.15) is 13.2 Å². The molecule has 0 saturated carbocycles. The predicted octanol–water partition coefficient (Wildman–Crippen LogP) is 0.335. The van der Waals surface area contributed by atoms with Crippen molar-refractivity contribution in [1.29, 1.82) is 0 Å². The van der Waals surface area contributed by atoms with Crippen LogP contribution in [0, 0.1) is 0 Å². The molecule has 0 atom stereocenters. The molecule has 0 aliphatic carbocycles. The second-order valence-corrected chi connectivity index (χ2v) is 10.7. The Balaban J connectivity index is 4.40. The molecule has 0 rings (SSSR count). The van der Waals surface area contributed by atoms with E-state index in [0.29, 0.717) is 78.4 Å². The maximum Gasteiger partial charge on any atom is 0.500 e. The normalized spacial score (nSPS) is 11.5. The lowest BCUT2D eigenvalue weighted by Gasteiger charge is -2.26. The first-order valence-electron chi connectivity index (χ1n) is 12.3. The third-order valence-electron chi connectivity index (χ3n) is 5.07. The van der Waals surface area contributed by atoms with Gasteiger partial charge in [0.2, 0.25) is 0 Å². The number of rotatable bonds is 25. The third kappa shape index (κ3) is 20.1. The van der Waals surface area contributed by atoms with Crippen LogP contribution in [0.15, 0.2) is 0 Å². The maximum atomic E-state index is 11.9. The van der Waals surface area contributed by atoms with E-state index in [1.165, 1.54) is 0 Å². The fourth-order valence-electron chi connectivity index (χ4n) is 2.99. The van der Waals surface area contributed by atoms with E-state index in [1.54, 1.807) is 35.5 Å². The lowest BCUT2D eigenvalue weighted by molar-refractivity contribution is 0.0687. The number of amides is 2. The van der Waals surface area contributed by atoms with Gasteiger partial charge in [0.05, 0.1) is 39.6 Å².